The van der Waals surface area contributed by atoms with Crippen molar-refractivity contribution in [3.63, 3.8) is 0 Å². The maximum atomic E-state index is 11.4. The molecule has 1 saturated carbocycles. The number of esters is 1. The molecule has 0 bridgehead atoms. The molecule has 0 aromatic rings. The van der Waals surface area contributed by atoms with Crippen LogP contribution in [0, 0.1) is 11.8 Å². The van der Waals surface area contributed by atoms with Crippen molar-refractivity contribution in [3.05, 3.63) is 0 Å². The van der Waals surface area contributed by atoms with Crippen LogP contribution < -0.4 is 0 Å². The van der Waals surface area contributed by atoms with E-state index in [4.69, 9.17) is 0 Å². The van der Waals surface area contributed by atoms with Gasteiger partial charge in [-0.15, -0.1) is 0 Å². The van der Waals surface area contributed by atoms with Crippen LogP contribution in [0.15, 0.2) is 0 Å². The molecule has 14 heavy (non-hydrogen) atoms. The summed E-state index contributed by atoms with van der Waals surface area (Å²) < 4.78 is 4.66. The Bertz CT molecular complexity index is 236. The quantitative estimate of drug-likeness (QED) is 0.675. The average molecular weight is 200 g/mol. The number of carbonyl (C=O) groups excluding carboxylic acids is 2. The fourth-order valence-electron chi connectivity index (χ4n) is 1.84. The summed E-state index contributed by atoms with van der Waals surface area (Å²) in [5, 5.41) is 9.54. The Morgan fingerprint density at radius 3 is 2.79 bits per heavy atom. The highest BCUT2D eigenvalue weighted by Gasteiger charge is 2.39. The first-order chi connectivity index (χ1) is 6.56. The summed E-state index contributed by atoms with van der Waals surface area (Å²) in [5.74, 6) is -1.00. The minimum atomic E-state index is -1.27. The van der Waals surface area contributed by atoms with Gasteiger partial charge in [0.1, 0.15) is 5.78 Å². The molecule has 0 aromatic heterocycles. The van der Waals surface area contributed by atoms with Crippen LogP contribution in [-0.2, 0) is 14.3 Å². The lowest BCUT2D eigenvalue weighted by molar-refractivity contribution is -0.157. The van der Waals surface area contributed by atoms with E-state index in [1.165, 1.54) is 0 Å². The molecule has 0 aliphatic heterocycles. The van der Waals surface area contributed by atoms with Crippen molar-refractivity contribution in [2.45, 2.75) is 32.8 Å². The molecule has 4 nitrogen and oxygen atoms in total. The van der Waals surface area contributed by atoms with Gasteiger partial charge in [-0.05, 0) is 19.3 Å². The van der Waals surface area contributed by atoms with Gasteiger partial charge in [0.2, 0.25) is 0 Å². The molecule has 1 fully saturated rings. The van der Waals surface area contributed by atoms with Crippen molar-refractivity contribution < 1.29 is 19.4 Å². The lowest BCUT2D eigenvalue weighted by atomic mass is 9.99. The Morgan fingerprint density at radius 1 is 1.71 bits per heavy atom. The Labute approximate surface area is 83.2 Å². The van der Waals surface area contributed by atoms with Crippen molar-refractivity contribution in [2.24, 2.45) is 11.8 Å². The molecule has 80 valence electrons. The summed E-state index contributed by atoms with van der Waals surface area (Å²) in [5.41, 5.74) is 0. The lowest BCUT2D eigenvalue weighted by Gasteiger charge is -2.14. The Morgan fingerprint density at radius 2 is 2.36 bits per heavy atom. The molecule has 1 rings (SSSR count). The van der Waals surface area contributed by atoms with Crippen LogP contribution in [0.4, 0.5) is 0 Å². The molecule has 3 atom stereocenters. The van der Waals surface area contributed by atoms with Crippen LogP contribution in [0.2, 0.25) is 0 Å². The molecular weight excluding hydrogens is 184 g/mol. The topological polar surface area (TPSA) is 63.6 Å². The minimum absolute atomic E-state index is 0.0296. The number of hydrogen-bond acceptors (Lipinski definition) is 4. The zero-order chi connectivity index (χ0) is 10.7. The summed E-state index contributed by atoms with van der Waals surface area (Å²) in [6.07, 6.45) is -0.229. The largest absolute Gasteiger partial charge is 0.464 e. The van der Waals surface area contributed by atoms with E-state index in [0.29, 0.717) is 12.8 Å². The molecule has 1 aliphatic carbocycles. The maximum absolute atomic E-state index is 11.4. The van der Waals surface area contributed by atoms with Gasteiger partial charge < -0.3 is 9.84 Å². The van der Waals surface area contributed by atoms with Crippen molar-refractivity contribution in [1.82, 2.24) is 0 Å². The predicted molar refractivity (Wildman–Crippen MR) is 49.5 cm³/mol. The SMILES string of the molecule is CCOC(=O)C(O)[C@@H]1CC(C)CC1=O. The Balaban J connectivity index is 2.56. The number of hydrogen-bond donors (Lipinski definition) is 1. The molecule has 1 N–H and O–H groups in total. The molecule has 0 saturated heterocycles. The van der Waals surface area contributed by atoms with Gasteiger partial charge in [0, 0.05) is 6.42 Å². The third-order valence-corrected chi connectivity index (χ3v) is 2.53. The van der Waals surface area contributed by atoms with E-state index in [2.05, 4.69) is 4.74 Å². The van der Waals surface area contributed by atoms with E-state index >= 15 is 0 Å². The number of rotatable bonds is 3. The first-order valence-electron chi connectivity index (χ1n) is 4.93. The van der Waals surface area contributed by atoms with Gasteiger partial charge in [-0.25, -0.2) is 4.79 Å². The zero-order valence-corrected chi connectivity index (χ0v) is 8.53. The average Bonchev–Trinajstić information content (AvgIpc) is 2.44. The van der Waals surface area contributed by atoms with Crippen LogP contribution in [-0.4, -0.2) is 29.6 Å². The van der Waals surface area contributed by atoms with Gasteiger partial charge in [-0.2, -0.15) is 0 Å². The fraction of sp³-hybridized carbons (Fsp3) is 0.800. The second-order valence-electron chi connectivity index (χ2n) is 3.81. The number of carbonyl (C=O) groups is 2. The van der Waals surface area contributed by atoms with Gasteiger partial charge >= 0.3 is 5.97 Å². The summed E-state index contributed by atoms with van der Waals surface area (Å²) in [6, 6.07) is 0. The van der Waals surface area contributed by atoms with E-state index in [1.807, 2.05) is 6.92 Å². The van der Waals surface area contributed by atoms with Crippen LogP contribution in [0.5, 0.6) is 0 Å². The van der Waals surface area contributed by atoms with Gasteiger partial charge in [0.15, 0.2) is 6.10 Å². The highest BCUT2D eigenvalue weighted by Crippen LogP contribution is 2.30. The molecule has 0 amide bonds. The van der Waals surface area contributed by atoms with Crippen molar-refractivity contribution >= 4 is 11.8 Å². The molecule has 0 spiro atoms. The van der Waals surface area contributed by atoms with Crippen molar-refractivity contribution in [1.29, 1.82) is 0 Å². The van der Waals surface area contributed by atoms with Crippen LogP contribution in [0.25, 0.3) is 0 Å². The molecule has 0 radical (unpaired) electrons. The van der Waals surface area contributed by atoms with Crippen LogP contribution in [0.1, 0.15) is 26.7 Å². The van der Waals surface area contributed by atoms with Crippen LogP contribution in [0.3, 0.4) is 0 Å². The van der Waals surface area contributed by atoms with E-state index in [-0.39, 0.29) is 18.3 Å². The number of aliphatic hydroxyl groups is 1. The second kappa shape index (κ2) is 4.55. The predicted octanol–water partition coefficient (Wildman–Crippen LogP) is 0.526. The highest BCUT2D eigenvalue weighted by molar-refractivity contribution is 5.89. The number of ether oxygens (including phenoxy) is 1. The van der Waals surface area contributed by atoms with Gasteiger partial charge in [0.05, 0.1) is 12.5 Å². The Kier molecular flexibility index (Phi) is 3.63. The molecule has 2 unspecified atom stereocenters. The summed E-state index contributed by atoms with van der Waals surface area (Å²) in [4.78, 5) is 22.5. The normalized spacial score (nSPS) is 28.9. The van der Waals surface area contributed by atoms with Gasteiger partial charge in [-0.1, -0.05) is 6.92 Å². The lowest BCUT2D eigenvalue weighted by Crippen LogP contribution is -2.33. The third kappa shape index (κ3) is 2.32. The van der Waals surface area contributed by atoms with Crippen molar-refractivity contribution in [3.8, 4) is 0 Å². The monoisotopic (exact) mass is 200 g/mol. The fourth-order valence-corrected chi connectivity index (χ4v) is 1.84. The summed E-state index contributed by atoms with van der Waals surface area (Å²) in [7, 11) is 0. The first-order valence-corrected chi connectivity index (χ1v) is 4.93. The second-order valence-corrected chi connectivity index (χ2v) is 3.81. The maximum Gasteiger partial charge on any atom is 0.335 e. The van der Waals surface area contributed by atoms with E-state index in [0.717, 1.165) is 0 Å². The summed E-state index contributed by atoms with van der Waals surface area (Å²) in [6.45, 7) is 3.84. The molecular formula is C10H16O4. The number of ketones is 1. The molecule has 1 aliphatic rings. The highest BCUT2D eigenvalue weighted by atomic mass is 16.5. The Hall–Kier alpha value is -0.900. The smallest absolute Gasteiger partial charge is 0.335 e. The standard InChI is InChI=1S/C10H16O4/c1-3-14-10(13)9(12)7-4-6(2)5-8(7)11/h6-7,9,12H,3-5H2,1-2H3/t6?,7-,9?/m1/s1. The van der Waals surface area contributed by atoms with E-state index in [9.17, 15) is 14.7 Å². The van der Waals surface area contributed by atoms with Crippen LogP contribution >= 0.6 is 0 Å². The minimum Gasteiger partial charge on any atom is -0.464 e. The summed E-state index contributed by atoms with van der Waals surface area (Å²) >= 11 is 0. The zero-order valence-electron chi connectivity index (χ0n) is 8.53. The van der Waals surface area contributed by atoms with E-state index < -0.39 is 18.0 Å². The van der Waals surface area contributed by atoms with Crippen molar-refractivity contribution in [2.75, 3.05) is 6.61 Å². The third-order valence-electron chi connectivity index (χ3n) is 2.53. The first kappa shape index (κ1) is 11.2. The number of aliphatic hydroxyl groups excluding tert-OH is 1. The van der Waals surface area contributed by atoms with E-state index in [1.54, 1.807) is 6.92 Å². The molecule has 0 aromatic carbocycles. The molecule has 0 heterocycles. The van der Waals surface area contributed by atoms with Gasteiger partial charge in [-0.3, -0.25) is 4.79 Å². The number of Topliss-reactive ketones (excluding diaryl/α,β-unsaturated/α-hetero) is 1. The van der Waals surface area contributed by atoms with Gasteiger partial charge in [0.25, 0.3) is 0 Å². The molecule has 4 heteroatoms.